The number of hydrogen-bond acceptors (Lipinski definition) is 3. The first-order chi connectivity index (χ1) is 8.63. The molecule has 1 aromatic rings. The van der Waals surface area contributed by atoms with Crippen molar-refractivity contribution < 1.29 is 4.74 Å². The van der Waals surface area contributed by atoms with Gasteiger partial charge < -0.3 is 10.1 Å². The van der Waals surface area contributed by atoms with E-state index in [2.05, 4.69) is 17.1 Å². The third-order valence-corrected chi connectivity index (χ3v) is 3.98. The number of nitrogens with one attached hydrogen (secondary N) is 1. The minimum absolute atomic E-state index is 0.786. The van der Waals surface area contributed by atoms with Gasteiger partial charge in [0, 0.05) is 48.9 Å². The summed E-state index contributed by atoms with van der Waals surface area (Å²) in [5.74, 6) is 0.943. The lowest BCUT2D eigenvalue weighted by Gasteiger charge is -2.29. The van der Waals surface area contributed by atoms with E-state index in [-0.39, 0.29) is 0 Å². The SMILES string of the molecule is COc1c(C)c(Cl)cc(C)c1CN1CCNCC1. The van der Waals surface area contributed by atoms with Gasteiger partial charge in [-0.05, 0) is 25.5 Å². The van der Waals surface area contributed by atoms with Crippen molar-refractivity contribution in [2.45, 2.75) is 20.4 Å². The number of ether oxygens (including phenoxy) is 1. The summed E-state index contributed by atoms with van der Waals surface area (Å²) in [6.45, 7) is 9.36. The van der Waals surface area contributed by atoms with Gasteiger partial charge in [-0.2, -0.15) is 0 Å². The Hall–Kier alpha value is -0.770. The Balaban J connectivity index is 2.28. The van der Waals surface area contributed by atoms with Crippen molar-refractivity contribution in [3.05, 3.63) is 27.8 Å². The van der Waals surface area contributed by atoms with Crippen LogP contribution in [0, 0.1) is 13.8 Å². The number of rotatable bonds is 3. The quantitative estimate of drug-likeness (QED) is 0.911. The molecule has 2 rings (SSSR count). The molecule has 1 saturated heterocycles. The molecule has 0 unspecified atom stereocenters. The Kier molecular flexibility index (Phi) is 4.49. The number of nitrogens with zero attached hydrogens (tertiary/aromatic N) is 1. The molecule has 0 bridgehead atoms. The topological polar surface area (TPSA) is 24.5 Å². The minimum atomic E-state index is 0.786. The van der Waals surface area contributed by atoms with Crippen molar-refractivity contribution in [2.75, 3.05) is 33.3 Å². The van der Waals surface area contributed by atoms with Crippen LogP contribution in [-0.2, 0) is 6.54 Å². The normalized spacial score (nSPS) is 16.9. The second-order valence-electron chi connectivity index (χ2n) is 4.84. The van der Waals surface area contributed by atoms with Crippen molar-refractivity contribution in [1.29, 1.82) is 0 Å². The number of piperazine rings is 1. The molecule has 0 amide bonds. The second kappa shape index (κ2) is 5.91. The van der Waals surface area contributed by atoms with E-state index in [0.29, 0.717) is 0 Å². The first kappa shape index (κ1) is 13.7. The van der Waals surface area contributed by atoms with Crippen LogP contribution in [0.1, 0.15) is 16.7 Å². The van der Waals surface area contributed by atoms with Crippen LogP contribution >= 0.6 is 11.6 Å². The van der Waals surface area contributed by atoms with E-state index in [1.807, 2.05) is 13.0 Å². The fraction of sp³-hybridized carbons (Fsp3) is 0.571. The fourth-order valence-corrected chi connectivity index (χ4v) is 2.71. The first-order valence-corrected chi connectivity index (χ1v) is 6.77. The zero-order valence-corrected chi connectivity index (χ0v) is 12.1. The molecule has 1 heterocycles. The molecule has 0 spiro atoms. The fourth-order valence-electron chi connectivity index (χ4n) is 2.46. The van der Waals surface area contributed by atoms with Gasteiger partial charge in [0.1, 0.15) is 5.75 Å². The van der Waals surface area contributed by atoms with Gasteiger partial charge in [-0.3, -0.25) is 4.90 Å². The van der Waals surface area contributed by atoms with Crippen LogP contribution in [-0.4, -0.2) is 38.2 Å². The van der Waals surface area contributed by atoms with Gasteiger partial charge in [-0.1, -0.05) is 11.6 Å². The van der Waals surface area contributed by atoms with Crippen molar-refractivity contribution in [1.82, 2.24) is 10.2 Å². The molecule has 1 fully saturated rings. The standard InChI is InChI=1S/C14H21ClN2O/c1-10-8-13(15)11(2)14(18-3)12(10)9-17-6-4-16-5-7-17/h8,16H,4-7,9H2,1-3H3. The van der Waals surface area contributed by atoms with Gasteiger partial charge in [0.05, 0.1) is 7.11 Å². The van der Waals surface area contributed by atoms with Crippen molar-refractivity contribution >= 4 is 11.6 Å². The molecule has 0 aromatic heterocycles. The molecule has 0 atom stereocenters. The van der Waals surface area contributed by atoms with Gasteiger partial charge in [-0.25, -0.2) is 0 Å². The lowest BCUT2D eigenvalue weighted by molar-refractivity contribution is 0.229. The zero-order valence-electron chi connectivity index (χ0n) is 11.3. The van der Waals surface area contributed by atoms with Gasteiger partial charge in [0.2, 0.25) is 0 Å². The maximum absolute atomic E-state index is 6.21. The summed E-state index contributed by atoms with van der Waals surface area (Å²) in [6, 6.07) is 2.04. The molecule has 0 saturated carbocycles. The highest BCUT2D eigenvalue weighted by Crippen LogP contribution is 2.33. The smallest absolute Gasteiger partial charge is 0.128 e. The van der Waals surface area contributed by atoms with E-state index in [0.717, 1.165) is 49.1 Å². The van der Waals surface area contributed by atoms with Crippen LogP contribution in [0.3, 0.4) is 0 Å². The maximum Gasteiger partial charge on any atom is 0.128 e. The van der Waals surface area contributed by atoms with Gasteiger partial charge >= 0.3 is 0 Å². The number of hydrogen-bond donors (Lipinski definition) is 1. The van der Waals surface area contributed by atoms with Gasteiger partial charge in [0.15, 0.2) is 0 Å². The first-order valence-electron chi connectivity index (χ1n) is 6.39. The Morgan fingerprint density at radius 1 is 1.33 bits per heavy atom. The molecule has 1 N–H and O–H groups in total. The third-order valence-electron chi connectivity index (χ3n) is 3.59. The number of halogens is 1. The lowest BCUT2D eigenvalue weighted by atomic mass is 10.0. The van der Waals surface area contributed by atoms with E-state index < -0.39 is 0 Å². The monoisotopic (exact) mass is 268 g/mol. The number of aryl methyl sites for hydroxylation is 1. The van der Waals surface area contributed by atoms with Crippen LogP contribution in [0.2, 0.25) is 5.02 Å². The molecule has 100 valence electrons. The molecular weight excluding hydrogens is 248 g/mol. The Labute approximate surface area is 114 Å². The van der Waals surface area contributed by atoms with Crippen LogP contribution in [0.5, 0.6) is 5.75 Å². The lowest BCUT2D eigenvalue weighted by Crippen LogP contribution is -2.43. The number of methoxy groups -OCH3 is 1. The molecule has 0 aliphatic carbocycles. The summed E-state index contributed by atoms with van der Waals surface area (Å²) in [7, 11) is 1.72. The summed E-state index contributed by atoms with van der Waals surface area (Å²) < 4.78 is 5.55. The van der Waals surface area contributed by atoms with Gasteiger partial charge in [-0.15, -0.1) is 0 Å². The van der Waals surface area contributed by atoms with Crippen molar-refractivity contribution in [2.24, 2.45) is 0 Å². The van der Waals surface area contributed by atoms with E-state index in [1.165, 1.54) is 11.1 Å². The summed E-state index contributed by atoms with van der Waals surface area (Å²) in [4.78, 5) is 2.45. The summed E-state index contributed by atoms with van der Waals surface area (Å²) in [5.41, 5.74) is 3.51. The van der Waals surface area contributed by atoms with Crippen LogP contribution in [0.4, 0.5) is 0 Å². The molecule has 0 radical (unpaired) electrons. The average Bonchev–Trinajstić information content (AvgIpc) is 2.37. The second-order valence-corrected chi connectivity index (χ2v) is 5.25. The Morgan fingerprint density at radius 3 is 2.61 bits per heavy atom. The number of benzene rings is 1. The maximum atomic E-state index is 6.21. The third kappa shape index (κ3) is 2.79. The van der Waals surface area contributed by atoms with E-state index in [1.54, 1.807) is 7.11 Å². The summed E-state index contributed by atoms with van der Waals surface area (Å²) in [5, 5.41) is 4.16. The van der Waals surface area contributed by atoms with E-state index in [4.69, 9.17) is 16.3 Å². The zero-order chi connectivity index (χ0) is 13.1. The highest BCUT2D eigenvalue weighted by Gasteiger charge is 2.17. The average molecular weight is 269 g/mol. The molecule has 3 nitrogen and oxygen atoms in total. The molecule has 1 aliphatic heterocycles. The van der Waals surface area contributed by atoms with Crippen molar-refractivity contribution in [3.8, 4) is 5.75 Å². The highest BCUT2D eigenvalue weighted by atomic mass is 35.5. The van der Waals surface area contributed by atoms with Crippen LogP contribution < -0.4 is 10.1 Å². The van der Waals surface area contributed by atoms with Crippen LogP contribution in [0.15, 0.2) is 6.07 Å². The van der Waals surface area contributed by atoms with Crippen molar-refractivity contribution in [3.63, 3.8) is 0 Å². The molecule has 4 heteroatoms. The Bertz CT molecular complexity index is 428. The van der Waals surface area contributed by atoms with E-state index >= 15 is 0 Å². The molecular formula is C14H21ClN2O. The Morgan fingerprint density at radius 2 is 2.00 bits per heavy atom. The predicted molar refractivity (Wildman–Crippen MR) is 75.6 cm³/mol. The molecule has 1 aliphatic rings. The predicted octanol–water partition coefficient (Wildman–Crippen LogP) is 2.37. The molecule has 18 heavy (non-hydrogen) atoms. The summed E-state index contributed by atoms with van der Waals surface area (Å²) >= 11 is 6.21. The summed E-state index contributed by atoms with van der Waals surface area (Å²) in [6.07, 6.45) is 0. The largest absolute Gasteiger partial charge is 0.496 e. The van der Waals surface area contributed by atoms with Gasteiger partial charge in [0.25, 0.3) is 0 Å². The minimum Gasteiger partial charge on any atom is -0.496 e. The highest BCUT2D eigenvalue weighted by molar-refractivity contribution is 6.31. The molecule has 1 aromatic carbocycles. The van der Waals surface area contributed by atoms with Crippen LogP contribution in [0.25, 0.3) is 0 Å². The van der Waals surface area contributed by atoms with E-state index in [9.17, 15) is 0 Å².